The van der Waals surface area contributed by atoms with Crippen LogP contribution in [0.2, 0.25) is 0 Å². The predicted molar refractivity (Wildman–Crippen MR) is 88.3 cm³/mol. The molecule has 2 aromatic carbocycles. The van der Waals surface area contributed by atoms with Gasteiger partial charge in [0, 0.05) is 11.3 Å². The van der Waals surface area contributed by atoms with Gasteiger partial charge in [-0.1, -0.05) is 11.3 Å². The molecule has 0 aliphatic rings. The van der Waals surface area contributed by atoms with Gasteiger partial charge in [0.2, 0.25) is 10.8 Å². The Hall–Kier alpha value is -3.41. The van der Waals surface area contributed by atoms with Crippen molar-refractivity contribution in [3.63, 3.8) is 0 Å². The van der Waals surface area contributed by atoms with Gasteiger partial charge in [0.05, 0.1) is 0 Å². The maximum absolute atomic E-state index is 13.7. The van der Waals surface area contributed by atoms with Crippen molar-refractivity contribution >= 4 is 27.9 Å². The van der Waals surface area contributed by atoms with Crippen molar-refractivity contribution in [1.82, 2.24) is 19.8 Å². The smallest absolute Gasteiger partial charge is 0.261 e. The third-order valence-corrected chi connectivity index (χ3v) is 4.68. The highest BCUT2D eigenvalue weighted by Gasteiger charge is 2.29. The third kappa shape index (κ3) is 2.87. The average molecular weight is 411 g/mol. The fourth-order valence-electron chi connectivity index (χ4n) is 2.37. The number of carbonyl (C=O) groups is 1. The Kier molecular flexibility index (Phi) is 4.26. The van der Waals surface area contributed by atoms with E-state index in [1.807, 2.05) is 0 Å². The van der Waals surface area contributed by atoms with E-state index in [4.69, 9.17) is 0 Å². The molecule has 0 fully saturated rings. The fourth-order valence-corrected chi connectivity index (χ4v) is 3.20. The van der Waals surface area contributed by atoms with Gasteiger partial charge in [-0.3, -0.25) is 4.79 Å². The van der Waals surface area contributed by atoms with Gasteiger partial charge in [0.1, 0.15) is 16.9 Å². The number of hydrogen-bond donors (Lipinski definition) is 1. The monoisotopic (exact) mass is 411 g/mol. The van der Waals surface area contributed by atoms with Crippen LogP contribution in [0.15, 0.2) is 30.6 Å². The molecule has 0 atom stereocenters. The Morgan fingerprint density at radius 2 is 1.54 bits per heavy atom. The van der Waals surface area contributed by atoms with Gasteiger partial charge in [-0.25, -0.2) is 22.0 Å². The number of amides is 1. The molecule has 28 heavy (non-hydrogen) atoms. The van der Waals surface area contributed by atoms with E-state index in [9.17, 15) is 26.7 Å². The molecule has 1 N–H and O–H groups in total. The summed E-state index contributed by atoms with van der Waals surface area (Å²) in [7, 11) is 0. The highest BCUT2D eigenvalue weighted by Crippen LogP contribution is 2.27. The van der Waals surface area contributed by atoms with Crippen molar-refractivity contribution < 1.29 is 26.7 Å². The van der Waals surface area contributed by atoms with Gasteiger partial charge >= 0.3 is 0 Å². The summed E-state index contributed by atoms with van der Waals surface area (Å²) in [5.41, 5.74) is -0.820. The maximum Gasteiger partial charge on any atom is 0.261 e. The first-order valence-electron chi connectivity index (χ1n) is 7.47. The Bertz CT molecular complexity index is 1160. The second kappa shape index (κ2) is 6.64. The van der Waals surface area contributed by atoms with E-state index in [2.05, 4.69) is 20.6 Å². The first-order valence-corrected chi connectivity index (χ1v) is 8.28. The summed E-state index contributed by atoms with van der Waals surface area (Å²) in [6, 6.07) is 5.89. The topological polar surface area (TPSA) is 72.2 Å². The Labute approximate surface area is 156 Å². The minimum absolute atomic E-state index is 0.0840. The van der Waals surface area contributed by atoms with Crippen molar-refractivity contribution in [2.45, 2.75) is 0 Å². The summed E-state index contributed by atoms with van der Waals surface area (Å²) in [5.74, 6) is -12.6. The minimum Gasteiger partial charge on any atom is -0.322 e. The molecule has 0 unspecified atom stereocenters. The molecule has 0 aliphatic heterocycles. The molecule has 0 saturated carbocycles. The van der Waals surface area contributed by atoms with Gasteiger partial charge in [0.15, 0.2) is 23.3 Å². The summed E-state index contributed by atoms with van der Waals surface area (Å²) in [6.07, 6.45) is 1.42. The predicted octanol–water partition coefficient (Wildman–Crippen LogP) is 3.80. The van der Waals surface area contributed by atoms with Crippen LogP contribution in [0.4, 0.5) is 27.6 Å². The number of carbonyl (C=O) groups excluding carboxylic acids is 1. The molecule has 2 aromatic heterocycles. The van der Waals surface area contributed by atoms with Crippen molar-refractivity contribution in [3.05, 3.63) is 65.2 Å². The highest BCUT2D eigenvalue weighted by atomic mass is 32.1. The zero-order valence-corrected chi connectivity index (χ0v) is 14.2. The van der Waals surface area contributed by atoms with E-state index < -0.39 is 40.6 Å². The van der Waals surface area contributed by atoms with Crippen LogP contribution in [0.25, 0.3) is 15.5 Å². The van der Waals surface area contributed by atoms with Crippen LogP contribution in [0, 0.1) is 29.1 Å². The number of halogens is 5. The van der Waals surface area contributed by atoms with Crippen LogP contribution in [0.3, 0.4) is 0 Å². The number of benzene rings is 2. The molecule has 12 heteroatoms. The third-order valence-electron chi connectivity index (χ3n) is 3.71. The van der Waals surface area contributed by atoms with Crippen LogP contribution >= 0.6 is 11.3 Å². The second-order valence-electron chi connectivity index (χ2n) is 5.44. The van der Waals surface area contributed by atoms with E-state index >= 15 is 0 Å². The molecule has 0 aliphatic carbocycles. The molecule has 1 amide bonds. The zero-order valence-electron chi connectivity index (χ0n) is 13.4. The number of anilines is 1. The molecule has 142 valence electrons. The average Bonchev–Trinajstić information content (AvgIpc) is 3.28. The van der Waals surface area contributed by atoms with Crippen molar-refractivity contribution in [2.75, 3.05) is 5.32 Å². The van der Waals surface area contributed by atoms with Crippen molar-refractivity contribution in [3.8, 4) is 10.6 Å². The standard InChI is InChI=1S/C16H6F5N5OS/c17-9-8(10(18)12(20)13(21)11(9)19)14(27)23-7-3-1-6(2-4-7)15-25-26-5-22-24-16(26)28-15/h1-5H,(H,23,27). The maximum atomic E-state index is 13.7. The summed E-state index contributed by atoms with van der Waals surface area (Å²) in [5, 5.41) is 14.5. The Morgan fingerprint density at radius 3 is 2.14 bits per heavy atom. The summed E-state index contributed by atoms with van der Waals surface area (Å²) < 4.78 is 68.5. The molecule has 2 heterocycles. The van der Waals surface area contributed by atoms with Crippen molar-refractivity contribution in [1.29, 1.82) is 0 Å². The Morgan fingerprint density at radius 1 is 0.929 bits per heavy atom. The number of nitrogens with zero attached hydrogens (tertiary/aromatic N) is 4. The molecule has 0 bridgehead atoms. The molecule has 0 saturated heterocycles. The lowest BCUT2D eigenvalue weighted by atomic mass is 10.1. The lowest BCUT2D eigenvalue weighted by Crippen LogP contribution is -2.19. The van der Waals surface area contributed by atoms with Crippen LogP contribution < -0.4 is 5.32 Å². The molecule has 6 nitrogen and oxygen atoms in total. The number of aromatic nitrogens is 4. The molecular formula is C16H6F5N5OS. The Balaban J connectivity index is 1.60. The number of fused-ring (bicyclic) bond motifs is 1. The normalized spacial score (nSPS) is 11.2. The lowest BCUT2D eigenvalue weighted by molar-refractivity contribution is 0.101. The van der Waals surface area contributed by atoms with E-state index in [0.717, 1.165) is 0 Å². The van der Waals surface area contributed by atoms with Crippen molar-refractivity contribution in [2.24, 2.45) is 0 Å². The summed E-state index contributed by atoms with van der Waals surface area (Å²) in [4.78, 5) is 12.6. The van der Waals surface area contributed by atoms with E-state index in [1.165, 1.54) is 34.3 Å². The van der Waals surface area contributed by atoms with Gasteiger partial charge in [0.25, 0.3) is 5.91 Å². The second-order valence-corrected chi connectivity index (χ2v) is 6.40. The molecule has 0 spiro atoms. The van der Waals surface area contributed by atoms with E-state index in [-0.39, 0.29) is 5.69 Å². The van der Waals surface area contributed by atoms with Crippen LogP contribution in [-0.4, -0.2) is 25.7 Å². The first-order chi connectivity index (χ1) is 13.4. The van der Waals surface area contributed by atoms with Gasteiger partial charge in [-0.15, -0.1) is 10.2 Å². The lowest BCUT2D eigenvalue weighted by Gasteiger charge is -2.09. The highest BCUT2D eigenvalue weighted by molar-refractivity contribution is 7.19. The van der Waals surface area contributed by atoms with Gasteiger partial charge in [-0.05, 0) is 24.3 Å². The molecular weight excluding hydrogens is 405 g/mol. The van der Waals surface area contributed by atoms with Gasteiger partial charge < -0.3 is 5.32 Å². The van der Waals surface area contributed by atoms with E-state index in [0.29, 0.717) is 15.5 Å². The first kappa shape index (κ1) is 18.0. The molecule has 4 aromatic rings. The largest absolute Gasteiger partial charge is 0.322 e. The summed E-state index contributed by atoms with van der Waals surface area (Å²) in [6.45, 7) is 0. The molecule has 0 radical (unpaired) electrons. The molecule has 4 rings (SSSR count). The van der Waals surface area contributed by atoms with Gasteiger partial charge in [-0.2, -0.15) is 9.61 Å². The van der Waals surface area contributed by atoms with E-state index in [1.54, 1.807) is 12.1 Å². The summed E-state index contributed by atoms with van der Waals surface area (Å²) >= 11 is 1.25. The van der Waals surface area contributed by atoms with Crippen LogP contribution in [0.5, 0.6) is 0 Å². The van der Waals surface area contributed by atoms with Crippen LogP contribution in [-0.2, 0) is 0 Å². The number of rotatable bonds is 3. The SMILES string of the molecule is O=C(Nc1ccc(-c2nn3cnnc3s2)cc1)c1c(F)c(F)c(F)c(F)c1F. The van der Waals surface area contributed by atoms with Crippen LogP contribution in [0.1, 0.15) is 10.4 Å². The number of hydrogen-bond acceptors (Lipinski definition) is 5. The fraction of sp³-hybridized carbons (Fsp3) is 0. The zero-order chi connectivity index (χ0) is 20.0. The minimum atomic E-state index is -2.33. The number of nitrogens with one attached hydrogen (secondary N) is 1. The quantitative estimate of drug-likeness (QED) is 0.316.